The lowest BCUT2D eigenvalue weighted by Gasteiger charge is -2.22. The minimum Gasteiger partial charge on any atom is -0.439 e. The van der Waals surface area contributed by atoms with Gasteiger partial charge in [0, 0.05) is 17.1 Å². The third-order valence-electron chi connectivity index (χ3n) is 4.54. The predicted octanol–water partition coefficient (Wildman–Crippen LogP) is 5.63. The first-order chi connectivity index (χ1) is 13.6. The van der Waals surface area contributed by atoms with E-state index in [-0.39, 0.29) is 12.5 Å². The number of fused-ring (bicyclic) bond motifs is 1. The summed E-state index contributed by atoms with van der Waals surface area (Å²) in [5.41, 5.74) is 4.10. The molecule has 28 heavy (non-hydrogen) atoms. The number of oxazole rings is 1. The maximum atomic E-state index is 13.1. The Kier molecular flexibility index (Phi) is 5.13. The number of carbonyl (C=O) groups is 1. The van der Waals surface area contributed by atoms with Crippen molar-refractivity contribution in [2.75, 3.05) is 0 Å². The SMILES string of the molecule is Cc1ccc2oc(CN(Cc3ccccc3Cl)C(=O)c3ccccc3)nc2c1. The van der Waals surface area contributed by atoms with Crippen LogP contribution < -0.4 is 0 Å². The molecule has 0 spiro atoms. The molecule has 4 rings (SSSR count). The zero-order valence-electron chi connectivity index (χ0n) is 15.4. The number of amides is 1. The Labute approximate surface area is 168 Å². The monoisotopic (exact) mass is 390 g/mol. The van der Waals surface area contributed by atoms with Crippen LogP contribution in [-0.2, 0) is 13.1 Å². The number of halogens is 1. The fourth-order valence-electron chi connectivity index (χ4n) is 3.11. The highest BCUT2D eigenvalue weighted by molar-refractivity contribution is 6.31. The molecule has 0 saturated heterocycles. The molecule has 0 atom stereocenters. The van der Waals surface area contributed by atoms with Gasteiger partial charge in [-0.25, -0.2) is 4.98 Å². The summed E-state index contributed by atoms with van der Waals surface area (Å²) in [7, 11) is 0. The second-order valence-electron chi connectivity index (χ2n) is 6.70. The van der Waals surface area contributed by atoms with Gasteiger partial charge >= 0.3 is 0 Å². The topological polar surface area (TPSA) is 46.3 Å². The van der Waals surface area contributed by atoms with E-state index >= 15 is 0 Å². The van der Waals surface area contributed by atoms with Gasteiger partial charge in [0.05, 0.1) is 6.54 Å². The fourth-order valence-corrected chi connectivity index (χ4v) is 3.31. The normalized spacial score (nSPS) is 10.9. The van der Waals surface area contributed by atoms with Crippen molar-refractivity contribution in [1.29, 1.82) is 0 Å². The Morgan fingerprint density at radius 2 is 1.75 bits per heavy atom. The predicted molar refractivity (Wildman–Crippen MR) is 110 cm³/mol. The number of carbonyl (C=O) groups excluding carboxylic acids is 1. The molecule has 1 heterocycles. The lowest BCUT2D eigenvalue weighted by Crippen LogP contribution is -2.30. The van der Waals surface area contributed by atoms with Crippen molar-refractivity contribution in [3.8, 4) is 0 Å². The molecule has 0 bridgehead atoms. The van der Waals surface area contributed by atoms with Gasteiger partial charge in [-0.15, -0.1) is 0 Å². The van der Waals surface area contributed by atoms with Gasteiger partial charge < -0.3 is 9.32 Å². The molecule has 4 aromatic rings. The highest BCUT2D eigenvalue weighted by Gasteiger charge is 2.20. The molecule has 3 aromatic carbocycles. The van der Waals surface area contributed by atoms with E-state index in [0.717, 1.165) is 16.6 Å². The minimum atomic E-state index is -0.0982. The molecule has 5 heteroatoms. The summed E-state index contributed by atoms with van der Waals surface area (Å²) >= 11 is 6.33. The van der Waals surface area contributed by atoms with Crippen molar-refractivity contribution in [2.45, 2.75) is 20.0 Å². The molecule has 0 aliphatic carbocycles. The van der Waals surface area contributed by atoms with Crippen LogP contribution in [0.1, 0.15) is 27.4 Å². The Hall–Kier alpha value is -3.11. The van der Waals surface area contributed by atoms with E-state index in [1.807, 2.05) is 67.6 Å². The van der Waals surface area contributed by atoms with E-state index in [0.29, 0.717) is 28.6 Å². The largest absolute Gasteiger partial charge is 0.439 e. The lowest BCUT2D eigenvalue weighted by atomic mass is 10.1. The average Bonchev–Trinajstić information content (AvgIpc) is 3.10. The van der Waals surface area contributed by atoms with Crippen LogP contribution in [0.2, 0.25) is 5.02 Å². The zero-order valence-corrected chi connectivity index (χ0v) is 16.2. The van der Waals surface area contributed by atoms with E-state index in [1.54, 1.807) is 17.0 Å². The number of hydrogen-bond donors (Lipinski definition) is 0. The number of aromatic nitrogens is 1. The molecular weight excluding hydrogens is 372 g/mol. The summed E-state index contributed by atoms with van der Waals surface area (Å²) in [6, 6.07) is 22.6. The van der Waals surface area contributed by atoms with E-state index in [1.165, 1.54) is 0 Å². The van der Waals surface area contributed by atoms with Gasteiger partial charge in [-0.05, 0) is 48.4 Å². The third-order valence-corrected chi connectivity index (χ3v) is 4.91. The van der Waals surface area contributed by atoms with Gasteiger partial charge in [-0.2, -0.15) is 0 Å². The third kappa shape index (κ3) is 3.92. The van der Waals surface area contributed by atoms with Crippen molar-refractivity contribution in [1.82, 2.24) is 9.88 Å². The number of nitrogens with zero attached hydrogens (tertiary/aromatic N) is 2. The maximum Gasteiger partial charge on any atom is 0.254 e. The van der Waals surface area contributed by atoms with Crippen molar-refractivity contribution in [3.63, 3.8) is 0 Å². The summed E-state index contributed by atoms with van der Waals surface area (Å²) in [5, 5.41) is 0.626. The molecule has 4 nitrogen and oxygen atoms in total. The highest BCUT2D eigenvalue weighted by atomic mass is 35.5. The summed E-state index contributed by atoms with van der Waals surface area (Å²) in [6.45, 7) is 2.63. The Balaban J connectivity index is 1.67. The summed E-state index contributed by atoms with van der Waals surface area (Å²) in [6.07, 6.45) is 0. The quantitative estimate of drug-likeness (QED) is 0.443. The summed E-state index contributed by atoms with van der Waals surface area (Å²) < 4.78 is 5.87. The van der Waals surface area contributed by atoms with Crippen LogP contribution >= 0.6 is 11.6 Å². The first-order valence-electron chi connectivity index (χ1n) is 9.04. The smallest absolute Gasteiger partial charge is 0.254 e. The van der Waals surface area contributed by atoms with E-state index in [2.05, 4.69) is 4.98 Å². The van der Waals surface area contributed by atoms with Gasteiger partial charge in [0.15, 0.2) is 5.58 Å². The molecule has 1 aromatic heterocycles. The summed E-state index contributed by atoms with van der Waals surface area (Å²) in [4.78, 5) is 19.4. The Morgan fingerprint density at radius 3 is 2.54 bits per heavy atom. The Morgan fingerprint density at radius 1 is 1.00 bits per heavy atom. The van der Waals surface area contributed by atoms with Crippen LogP contribution in [0.4, 0.5) is 0 Å². The second-order valence-corrected chi connectivity index (χ2v) is 7.10. The highest BCUT2D eigenvalue weighted by Crippen LogP contribution is 2.22. The van der Waals surface area contributed by atoms with Crippen molar-refractivity contribution >= 4 is 28.6 Å². The molecule has 0 saturated carbocycles. The second kappa shape index (κ2) is 7.87. The standard InChI is InChI=1S/C23H19ClN2O2/c1-16-11-12-21-20(13-16)25-22(28-21)15-26(14-18-9-5-6-10-19(18)24)23(27)17-7-3-2-4-8-17/h2-13H,14-15H2,1H3. The van der Waals surface area contributed by atoms with Crippen LogP contribution in [-0.4, -0.2) is 15.8 Å². The molecule has 0 aliphatic rings. The van der Waals surface area contributed by atoms with Gasteiger partial charge in [0.25, 0.3) is 5.91 Å². The zero-order chi connectivity index (χ0) is 19.5. The molecule has 140 valence electrons. The van der Waals surface area contributed by atoms with Crippen LogP contribution in [0.15, 0.2) is 77.2 Å². The minimum absolute atomic E-state index is 0.0982. The van der Waals surface area contributed by atoms with Crippen molar-refractivity contribution in [2.24, 2.45) is 0 Å². The van der Waals surface area contributed by atoms with E-state index in [9.17, 15) is 4.79 Å². The van der Waals surface area contributed by atoms with Gasteiger partial charge in [-0.3, -0.25) is 4.79 Å². The molecule has 1 amide bonds. The number of benzene rings is 3. The number of aryl methyl sites for hydroxylation is 1. The fraction of sp³-hybridized carbons (Fsp3) is 0.130. The van der Waals surface area contributed by atoms with Crippen molar-refractivity contribution < 1.29 is 9.21 Å². The van der Waals surface area contributed by atoms with E-state index in [4.69, 9.17) is 16.0 Å². The average molecular weight is 391 g/mol. The Bertz CT molecular complexity index is 1120. The molecule has 0 radical (unpaired) electrons. The van der Waals surface area contributed by atoms with Gasteiger partial charge in [0.1, 0.15) is 5.52 Å². The molecule has 0 N–H and O–H groups in total. The van der Waals surface area contributed by atoms with E-state index < -0.39 is 0 Å². The van der Waals surface area contributed by atoms with Gasteiger partial charge in [0.2, 0.25) is 5.89 Å². The van der Waals surface area contributed by atoms with Gasteiger partial charge in [-0.1, -0.05) is 54.1 Å². The molecule has 0 fully saturated rings. The number of hydrogen-bond acceptors (Lipinski definition) is 3. The van der Waals surface area contributed by atoms with Crippen LogP contribution in [0.5, 0.6) is 0 Å². The first kappa shape index (κ1) is 18.3. The molecule has 0 unspecified atom stereocenters. The first-order valence-corrected chi connectivity index (χ1v) is 9.42. The molecular formula is C23H19ClN2O2. The molecule has 0 aliphatic heterocycles. The van der Waals surface area contributed by atoms with Crippen LogP contribution in [0.3, 0.4) is 0 Å². The van der Waals surface area contributed by atoms with Crippen molar-refractivity contribution in [3.05, 3.63) is 100 Å². The summed E-state index contributed by atoms with van der Waals surface area (Å²) in [5.74, 6) is 0.399. The van der Waals surface area contributed by atoms with Crippen LogP contribution in [0.25, 0.3) is 11.1 Å². The van der Waals surface area contributed by atoms with Crippen LogP contribution in [0, 0.1) is 6.92 Å². The number of rotatable bonds is 5. The lowest BCUT2D eigenvalue weighted by molar-refractivity contribution is 0.0715. The maximum absolute atomic E-state index is 13.1.